The third-order valence-electron chi connectivity index (χ3n) is 1.43. The molecule has 1 fully saturated rings. The average molecular weight is 111 g/mol. The SMILES string of the molecule is [CH]1[CH]NCCCCC1. The van der Waals surface area contributed by atoms with Gasteiger partial charge in [-0.05, 0) is 25.8 Å². The normalized spacial score (nSPS) is 24.0. The molecule has 0 aromatic heterocycles. The Morgan fingerprint density at radius 3 is 3.12 bits per heavy atom. The summed E-state index contributed by atoms with van der Waals surface area (Å²) in [7, 11) is 0. The van der Waals surface area contributed by atoms with Crippen LogP contribution in [0.1, 0.15) is 25.7 Å². The van der Waals surface area contributed by atoms with Crippen LogP contribution in [0.5, 0.6) is 0 Å². The Kier molecular flexibility index (Phi) is 2.97. The smallest absolute Gasteiger partial charge is 0.0255 e. The lowest BCUT2D eigenvalue weighted by atomic mass is 10.1. The molecule has 1 nitrogen and oxygen atoms in total. The van der Waals surface area contributed by atoms with E-state index in [1.807, 2.05) is 0 Å². The maximum atomic E-state index is 3.21. The van der Waals surface area contributed by atoms with Gasteiger partial charge in [0.2, 0.25) is 0 Å². The van der Waals surface area contributed by atoms with Crippen molar-refractivity contribution in [3.8, 4) is 0 Å². The van der Waals surface area contributed by atoms with Crippen molar-refractivity contribution in [1.82, 2.24) is 5.32 Å². The number of hydrogen-bond donors (Lipinski definition) is 1. The second-order valence-corrected chi connectivity index (χ2v) is 2.21. The highest BCUT2D eigenvalue weighted by Crippen LogP contribution is 2.04. The van der Waals surface area contributed by atoms with E-state index in [0.717, 1.165) is 6.54 Å². The number of rotatable bonds is 0. The summed E-state index contributed by atoms with van der Waals surface area (Å²) >= 11 is 0. The third kappa shape index (κ3) is 2.31. The molecule has 0 aliphatic carbocycles. The topological polar surface area (TPSA) is 12.0 Å². The molecule has 0 atom stereocenters. The van der Waals surface area contributed by atoms with Crippen molar-refractivity contribution in [3.63, 3.8) is 0 Å². The number of hydrogen-bond acceptors (Lipinski definition) is 1. The minimum atomic E-state index is 1.16. The van der Waals surface area contributed by atoms with Gasteiger partial charge in [-0.2, -0.15) is 0 Å². The highest BCUT2D eigenvalue weighted by molar-refractivity contribution is 4.82. The zero-order chi connectivity index (χ0) is 5.66. The molecule has 0 amide bonds. The minimum Gasteiger partial charge on any atom is -0.312 e. The largest absolute Gasteiger partial charge is 0.312 e. The van der Waals surface area contributed by atoms with E-state index >= 15 is 0 Å². The van der Waals surface area contributed by atoms with Gasteiger partial charge in [0.05, 0.1) is 0 Å². The summed E-state index contributed by atoms with van der Waals surface area (Å²) in [6.45, 7) is 3.23. The minimum absolute atomic E-state index is 1.16. The van der Waals surface area contributed by atoms with Crippen LogP contribution in [0, 0.1) is 13.0 Å². The average Bonchev–Trinajstić information content (AvgIpc) is 1.62. The quantitative estimate of drug-likeness (QED) is 0.499. The van der Waals surface area contributed by atoms with Crippen molar-refractivity contribution in [3.05, 3.63) is 13.0 Å². The van der Waals surface area contributed by atoms with E-state index in [-0.39, 0.29) is 0 Å². The van der Waals surface area contributed by atoms with Crippen molar-refractivity contribution >= 4 is 0 Å². The summed E-state index contributed by atoms with van der Waals surface area (Å²) in [5, 5.41) is 3.21. The first-order valence-electron chi connectivity index (χ1n) is 3.38. The van der Waals surface area contributed by atoms with Crippen LogP contribution in [0.2, 0.25) is 0 Å². The molecule has 0 bridgehead atoms. The van der Waals surface area contributed by atoms with Gasteiger partial charge in [0, 0.05) is 6.54 Å². The second-order valence-electron chi connectivity index (χ2n) is 2.21. The Hall–Kier alpha value is -0.0400. The van der Waals surface area contributed by atoms with Crippen LogP contribution in [0.25, 0.3) is 0 Å². The van der Waals surface area contributed by atoms with E-state index in [4.69, 9.17) is 0 Å². The molecule has 1 heteroatoms. The van der Waals surface area contributed by atoms with Gasteiger partial charge in [0.1, 0.15) is 0 Å². The molecule has 0 aromatic carbocycles. The van der Waals surface area contributed by atoms with E-state index in [2.05, 4.69) is 18.3 Å². The van der Waals surface area contributed by atoms with Gasteiger partial charge in [0.15, 0.2) is 0 Å². The summed E-state index contributed by atoms with van der Waals surface area (Å²) in [6, 6.07) is 0. The molecule has 1 saturated heterocycles. The molecule has 0 saturated carbocycles. The predicted octanol–water partition coefficient (Wildman–Crippen LogP) is 1.52. The molecule has 0 aromatic rings. The summed E-state index contributed by atoms with van der Waals surface area (Å²) in [4.78, 5) is 0. The first-order valence-corrected chi connectivity index (χ1v) is 3.38. The van der Waals surface area contributed by atoms with Crippen molar-refractivity contribution in [1.29, 1.82) is 0 Å². The first kappa shape index (κ1) is 6.09. The lowest BCUT2D eigenvalue weighted by Gasteiger charge is -2.07. The van der Waals surface area contributed by atoms with Crippen LogP contribution >= 0.6 is 0 Å². The highest BCUT2D eigenvalue weighted by Gasteiger charge is 1.95. The molecule has 8 heavy (non-hydrogen) atoms. The van der Waals surface area contributed by atoms with Crippen molar-refractivity contribution in [2.75, 3.05) is 6.54 Å². The summed E-state index contributed by atoms with van der Waals surface area (Å²) in [6.07, 6.45) is 7.56. The molecule has 1 rings (SSSR count). The Balaban J connectivity index is 2.00. The van der Waals surface area contributed by atoms with Gasteiger partial charge in [0.25, 0.3) is 0 Å². The Morgan fingerprint density at radius 1 is 1.12 bits per heavy atom. The summed E-state index contributed by atoms with van der Waals surface area (Å²) in [5.74, 6) is 0. The van der Waals surface area contributed by atoms with E-state index in [0.29, 0.717) is 0 Å². The standard InChI is InChI=1S/C7H13N/c1-2-4-6-8-7-5-3-1/h4,6,8H,1-3,5,7H2. The molecular weight excluding hydrogens is 98.1 g/mol. The van der Waals surface area contributed by atoms with Gasteiger partial charge >= 0.3 is 0 Å². The molecular formula is C7H13N. The van der Waals surface area contributed by atoms with Crippen LogP contribution in [-0.2, 0) is 0 Å². The monoisotopic (exact) mass is 111 g/mol. The van der Waals surface area contributed by atoms with E-state index in [1.54, 1.807) is 0 Å². The van der Waals surface area contributed by atoms with E-state index in [9.17, 15) is 0 Å². The zero-order valence-corrected chi connectivity index (χ0v) is 5.19. The van der Waals surface area contributed by atoms with E-state index < -0.39 is 0 Å². The maximum absolute atomic E-state index is 3.21. The summed E-state index contributed by atoms with van der Waals surface area (Å²) in [5.41, 5.74) is 0. The maximum Gasteiger partial charge on any atom is 0.0255 e. The van der Waals surface area contributed by atoms with Crippen molar-refractivity contribution in [2.24, 2.45) is 0 Å². The Bertz CT molecular complexity index is 28.3. The Labute approximate surface area is 51.5 Å². The fourth-order valence-corrected chi connectivity index (χ4v) is 0.916. The van der Waals surface area contributed by atoms with Crippen molar-refractivity contribution in [2.45, 2.75) is 25.7 Å². The molecule has 46 valence electrons. The van der Waals surface area contributed by atoms with Gasteiger partial charge in [-0.25, -0.2) is 0 Å². The predicted molar refractivity (Wildman–Crippen MR) is 35.1 cm³/mol. The molecule has 0 spiro atoms. The van der Waals surface area contributed by atoms with Gasteiger partial charge < -0.3 is 5.32 Å². The van der Waals surface area contributed by atoms with E-state index in [1.165, 1.54) is 25.7 Å². The molecule has 2 radical (unpaired) electrons. The summed E-state index contributed by atoms with van der Waals surface area (Å²) < 4.78 is 0. The second kappa shape index (κ2) is 3.90. The lowest BCUT2D eigenvalue weighted by molar-refractivity contribution is 0.607. The van der Waals surface area contributed by atoms with Crippen molar-refractivity contribution < 1.29 is 0 Å². The fraction of sp³-hybridized carbons (Fsp3) is 0.714. The third-order valence-corrected chi connectivity index (χ3v) is 1.43. The highest BCUT2D eigenvalue weighted by atomic mass is 14.8. The van der Waals surface area contributed by atoms with Gasteiger partial charge in [-0.3, -0.25) is 0 Å². The lowest BCUT2D eigenvalue weighted by Crippen LogP contribution is -2.13. The zero-order valence-electron chi connectivity index (χ0n) is 5.19. The Morgan fingerprint density at radius 2 is 2.12 bits per heavy atom. The molecule has 1 aliphatic heterocycles. The molecule has 1 aliphatic rings. The van der Waals surface area contributed by atoms with Crippen LogP contribution < -0.4 is 5.32 Å². The van der Waals surface area contributed by atoms with Crippen LogP contribution in [0.3, 0.4) is 0 Å². The van der Waals surface area contributed by atoms with Crippen LogP contribution in [-0.4, -0.2) is 6.54 Å². The molecule has 1 N–H and O–H groups in total. The van der Waals surface area contributed by atoms with Crippen LogP contribution in [0.15, 0.2) is 0 Å². The fourth-order valence-electron chi connectivity index (χ4n) is 0.916. The van der Waals surface area contributed by atoms with Gasteiger partial charge in [-0.15, -0.1) is 0 Å². The van der Waals surface area contributed by atoms with Gasteiger partial charge in [-0.1, -0.05) is 12.8 Å². The van der Waals surface area contributed by atoms with Crippen LogP contribution in [0.4, 0.5) is 0 Å². The number of nitrogens with one attached hydrogen (secondary N) is 1. The molecule has 0 unspecified atom stereocenters. The molecule has 1 heterocycles. The first-order chi connectivity index (χ1) is 4.00.